The fourth-order valence-corrected chi connectivity index (χ4v) is 0.526. The van der Waals surface area contributed by atoms with Crippen molar-refractivity contribution in [2.45, 2.75) is 25.5 Å². The molecule has 0 aliphatic heterocycles. The lowest BCUT2D eigenvalue weighted by atomic mass is 10.1. The van der Waals surface area contributed by atoms with Crippen LogP contribution in [0.3, 0.4) is 0 Å². The summed E-state index contributed by atoms with van der Waals surface area (Å²) in [4.78, 5) is 0. The second-order valence-corrected chi connectivity index (χ2v) is 2.17. The van der Waals surface area contributed by atoms with Gasteiger partial charge in [-0.3, -0.25) is 0 Å². The molecular weight excluding hydrogens is 130 g/mol. The molecule has 0 saturated carbocycles. The van der Waals surface area contributed by atoms with Crippen LogP contribution in [0.2, 0.25) is 0 Å². The normalized spacial score (nSPS) is 17.6. The van der Waals surface area contributed by atoms with Crippen molar-refractivity contribution < 1.29 is 10.2 Å². The minimum atomic E-state index is -0.718. The van der Waals surface area contributed by atoms with Crippen LogP contribution in [0.1, 0.15) is 13.3 Å². The Morgan fingerprint density at radius 2 is 2.20 bits per heavy atom. The van der Waals surface area contributed by atoms with Gasteiger partial charge in [0.25, 0.3) is 0 Å². The average Bonchev–Trinajstić information content (AvgIpc) is 1.98. The van der Waals surface area contributed by atoms with Gasteiger partial charge in [-0.2, -0.15) is 0 Å². The zero-order valence-electron chi connectivity index (χ0n) is 6.20. The summed E-state index contributed by atoms with van der Waals surface area (Å²) >= 11 is 0. The minimum absolute atomic E-state index is 0.185. The van der Waals surface area contributed by atoms with Gasteiger partial charge in [-0.25, -0.2) is 0 Å². The third-order valence-electron chi connectivity index (χ3n) is 1.22. The molecule has 10 heavy (non-hydrogen) atoms. The molecule has 0 fully saturated rings. The van der Waals surface area contributed by atoms with Crippen molar-refractivity contribution in [3.05, 3.63) is 12.2 Å². The van der Waals surface area contributed by atoms with Crippen molar-refractivity contribution in [2.75, 3.05) is 6.61 Å². The molecule has 0 heterocycles. The lowest BCUT2D eigenvalue weighted by molar-refractivity contribution is 0.144. The van der Waals surface area contributed by atoms with Gasteiger partial charge in [0.05, 0.1) is 18.8 Å². The molecule has 4 N–H and O–H groups in total. The summed E-state index contributed by atoms with van der Waals surface area (Å²) < 4.78 is 0. The Hall–Kier alpha value is -0.380. The standard InChI is InChI=1S/C7H15NO2/c1-2-3-4-7(10)6(8)5-9/h3-4,6-7,9-10H,2,5,8H2,1H3/b4-3+/t6-,7-/m0/s1. The maximum atomic E-state index is 9.08. The van der Waals surface area contributed by atoms with E-state index in [0.29, 0.717) is 0 Å². The van der Waals surface area contributed by atoms with Crippen LogP contribution in [0.4, 0.5) is 0 Å². The summed E-state index contributed by atoms with van der Waals surface area (Å²) in [5.74, 6) is 0. The first-order valence-electron chi connectivity index (χ1n) is 3.43. The molecule has 3 nitrogen and oxygen atoms in total. The Balaban J connectivity index is 3.60. The second-order valence-electron chi connectivity index (χ2n) is 2.17. The van der Waals surface area contributed by atoms with E-state index in [4.69, 9.17) is 15.9 Å². The molecule has 0 aromatic heterocycles. The van der Waals surface area contributed by atoms with E-state index < -0.39 is 12.1 Å². The fourth-order valence-electron chi connectivity index (χ4n) is 0.526. The molecule has 0 aliphatic carbocycles. The molecule has 2 atom stereocenters. The molecule has 0 unspecified atom stereocenters. The van der Waals surface area contributed by atoms with Crippen LogP contribution in [-0.4, -0.2) is 29.0 Å². The van der Waals surface area contributed by atoms with Crippen molar-refractivity contribution in [3.63, 3.8) is 0 Å². The van der Waals surface area contributed by atoms with Crippen molar-refractivity contribution in [1.82, 2.24) is 0 Å². The zero-order chi connectivity index (χ0) is 7.98. The van der Waals surface area contributed by atoms with Gasteiger partial charge in [0.1, 0.15) is 0 Å². The summed E-state index contributed by atoms with van der Waals surface area (Å²) in [6.45, 7) is 1.78. The maximum absolute atomic E-state index is 9.08. The lowest BCUT2D eigenvalue weighted by Crippen LogP contribution is -2.36. The Morgan fingerprint density at radius 1 is 1.60 bits per heavy atom. The van der Waals surface area contributed by atoms with E-state index in [9.17, 15) is 0 Å². The molecule has 0 spiro atoms. The second kappa shape index (κ2) is 5.41. The van der Waals surface area contributed by atoms with Crippen molar-refractivity contribution in [1.29, 1.82) is 0 Å². The van der Waals surface area contributed by atoms with E-state index in [1.807, 2.05) is 13.0 Å². The number of nitrogens with two attached hydrogens (primary N) is 1. The highest BCUT2D eigenvalue weighted by atomic mass is 16.3. The predicted molar refractivity (Wildman–Crippen MR) is 40.5 cm³/mol. The molecule has 0 aliphatic rings. The summed E-state index contributed by atoms with van der Waals surface area (Å²) in [6.07, 6.45) is 3.57. The molecule has 0 aromatic carbocycles. The van der Waals surface area contributed by atoms with E-state index in [0.717, 1.165) is 6.42 Å². The minimum Gasteiger partial charge on any atom is -0.395 e. The Labute approximate surface area is 61.2 Å². The predicted octanol–water partition coefficient (Wildman–Crippen LogP) is -0.367. The number of rotatable bonds is 4. The van der Waals surface area contributed by atoms with E-state index >= 15 is 0 Å². The molecule has 0 rings (SSSR count). The molecule has 0 aromatic rings. The first-order chi connectivity index (χ1) is 4.72. The monoisotopic (exact) mass is 145 g/mol. The smallest absolute Gasteiger partial charge is 0.0894 e. The topological polar surface area (TPSA) is 66.5 Å². The molecule has 60 valence electrons. The number of hydrogen-bond acceptors (Lipinski definition) is 3. The van der Waals surface area contributed by atoms with Crippen LogP contribution in [0.25, 0.3) is 0 Å². The molecule has 0 radical (unpaired) electrons. The Morgan fingerprint density at radius 3 is 2.60 bits per heavy atom. The van der Waals surface area contributed by atoms with Crippen molar-refractivity contribution in [3.8, 4) is 0 Å². The van der Waals surface area contributed by atoms with E-state index in [-0.39, 0.29) is 6.61 Å². The SMILES string of the molecule is CC/C=C/[C@H](O)[C@@H](N)CO. The average molecular weight is 145 g/mol. The lowest BCUT2D eigenvalue weighted by Gasteiger charge is -2.11. The largest absolute Gasteiger partial charge is 0.395 e. The number of hydrogen-bond donors (Lipinski definition) is 3. The van der Waals surface area contributed by atoms with Crippen LogP contribution in [-0.2, 0) is 0 Å². The Bertz CT molecular complexity index is 104. The number of aliphatic hydroxyl groups is 2. The fraction of sp³-hybridized carbons (Fsp3) is 0.714. The van der Waals surface area contributed by atoms with Gasteiger partial charge in [0, 0.05) is 0 Å². The van der Waals surface area contributed by atoms with Gasteiger partial charge in [-0.15, -0.1) is 0 Å². The highest BCUT2D eigenvalue weighted by Gasteiger charge is 2.08. The van der Waals surface area contributed by atoms with Crippen LogP contribution < -0.4 is 5.73 Å². The molecular formula is C7H15NO2. The molecule has 0 bridgehead atoms. The number of allylic oxidation sites excluding steroid dienone is 1. The van der Waals surface area contributed by atoms with Crippen molar-refractivity contribution >= 4 is 0 Å². The summed E-state index contributed by atoms with van der Waals surface area (Å²) in [6, 6.07) is -0.553. The summed E-state index contributed by atoms with van der Waals surface area (Å²) in [5.41, 5.74) is 5.31. The van der Waals surface area contributed by atoms with Gasteiger partial charge in [-0.1, -0.05) is 19.1 Å². The zero-order valence-corrected chi connectivity index (χ0v) is 6.20. The summed E-state index contributed by atoms with van der Waals surface area (Å²) in [5, 5.41) is 17.6. The van der Waals surface area contributed by atoms with Crippen LogP contribution in [0.5, 0.6) is 0 Å². The maximum Gasteiger partial charge on any atom is 0.0894 e. The first-order valence-corrected chi connectivity index (χ1v) is 3.43. The summed E-state index contributed by atoms with van der Waals surface area (Å²) in [7, 11) is 0. The molecule has 0 saturated heterocycles. The highest BCUT2D eigenvalue weighted by Crippen LogP contribution is 1.92. The number of aliphatic hydroxyl groups excluding tert-OH is 2. The third kappa shape index (κ3) is 3.61. The highest BCUT2D eigenvalue weighted by molar-refractivity contribution is 4.92. The van der Waals surface area contributed by atoms with Crippen molar-refractivity contribution in [2.24, 2.45) is 5.73 Å². The van der Waals surface area contributed by atoms with Crippen LogP contribution in [0, 0.1) is 0 Å². The van der Waals surface area contributed by atoms with E-state index in [1.165, 1.54) is 0 Å². The van der Waals surface area contributed by atoms with E-state index in [2.05, 4.69) is 0 Å². The van der Waals surface area contributed by atoms with Gasteiger partial charge in [0.2, 0.25) is 0 Å². The molecule has 0 amide bonds. The van der Waals surface area contributed by atoms with Crippen LogP contribution >= 0.6 is 0 Å². The third-order valence-corrected chi connectivity index (χ3v) is 1.22. The quantitative estimate of drug-likeness (QED) is 0.473. The van der Waals surface area contributed by atoms with Gasteiger partial charge >= 0.3 is 0 Å². The molecule has 3 heteroatoms. The van der Waals surface area contributed by atoms with E-state index in [1.54, 1.807) is 6.08 Å². The Kier molecular flexibility index (Phi) is 5.20. The van der Waals surface area contributed by atoms with Gasteiger partial charge in [0.15, 0.2) is 0 Å². The van der Waals surface area contributed by atoms with Gasteiger partial charge in [-0.05, 0) is 6.42 Å². The van der Waals surface area contributed by atoms with Crippen LogP contribution in [0.15, 0.2) is 12.2 Å². The van der Waals surface area contributed by atoms with Gasteiger partial charge < -0.3 is 15.9 Å². The first kappa shape index (κ1) is 9.62.